The lowest BCUT2D eigenvalue weighted by atomic mass is 9.95. The van der Waals surface area contributed by atoms with Gasteiger partial charge in [0, 0.05) is 25.3 Å². The van der Waals surface area contributed by atoms with Crippen molar-refractivity contribution in [2.45, 2.75) is 39.7 Å². The molecule has 0 atom stereocenters. The third kappa shape index (κ3) is 2.94. The van der Waals surface area contributed by atoms with Crippen molar-refractivity contribution >= 4 is 5.95 Å². The number of hydrogen-bond donors (Lipinski definition) is 1. The van der Waals surface area contributed by atoms with E-state index in [4.69, 9.17) is 5.73 Å². The van der Waals surface area contributed by atoms with Crippen LogP contribution in [0.4, 0.5) is 5.95 Å². The van der Waals surface area contributed by atoms with Crippen molar-refractivity contribution in [1.82, 2.24) is 9.97 Å². The molecule has 17 heavy (non-hydrogen) atoms. The number of aromatic nitrogens is 2. The van der Waals surface area contributed by atoms with E-state index in [1.807, 2.05) is 13.0 Å². The van der Waals surface area contributed by atoms with Crippen LogP contribution in [-0.4, -0.2) is 23.1 Å². The van der Waals surface area contributed by atoms with E-state index in [2.05, 4.69) is 21.8 Å². The summed E-state index contributed by atoms with van der Waals surface area (Å²) in [5.41, 5.74) is 7.59. The Kier molecular flexibility index (Phi) is 3.94. The Labute approximate surface area is 103 Å². The molecule has 2 N–H and O–H groups in total. The van der Waals surface area contributed by atoms with E-state index in [1.165, 1.54) is 19.3 Å². The highest BCUT2D eigenvalue weighted by Gasteiger charge is 2.20. The molecule has 0 saturated carbocycles. The van der Waals surface area contributed by atoms with E-state index in [1.54, 1.807) is 0 Å². The molecule has 4 nitrogen and oxygen atoms in total. The maximum Gasteiger partial charge on any atom is 0.225 e. The van der Waals surface area contributed by atoms with Crippen molar-refractivity contribution in [3.05, 3.63) is 17.5 Å². The fraction of sp³-hybridized carbons (Fsp3) is 0.692. The summed E-state index contributed by atoms with van der Waals surface area (Å²) in [5, 5.41) is 0. The highest BCUT2D eigenvalue weighted by atomic mass is 15.3. The van der Waals surface area contributed by atoms with Crippen LogP contribution in [0.3, 0.4) is 0 Å². The molecular formula is C13H22N4. The molecule has 2 rings (SSSR count). The summed E-state index contributed by atoms with van der Waals surface area (Å²) >= 11 is 0. The van der Waals surface area contributed by atoms with Crippen LogP contribution >= 0.6 is 0 Å². The van der Waals surface area contributed by atoms with Gasteiger partial charge in [0.25, 0.3) is 0 Å². The number of aryl methyl sites for hydroxylation is 1. The first-order valence-corrected chi connectivity index (χ1v) is 6.52. The van der Waals surface area contributed by atoms with Crippen molar-refractivity contribution in [3.63, 3.8) is 0 Å². The van der Waals surface area contributed by atoms with E-state index >= 15 is 0 Å². The van der Waals surface area contributed by atoms with Gasteiger partial charge in [0.05, 0.1) is 5.69 Å². The Hall–Kier alpha value is -1.16. The molecule has 0 amide bonds. The third-order valence-corrected chi connectivity index (χ3v) is 3.58. The summed E-state index contributed by atoms with van der Waals surface area (Å²) < 4.78 is 0. The van der Waals surface area contributed by atoms with Crippen molar-refractivity contribution in [3.8, 4) is 0 Å². The first kappa shape index (κ1) is 12.3. The molecule has 4 heteroatoms. The molecule has 1 aromatic rings. The van der Waals surface area contributed by atoms with Crippen LogP contribution < -0.4 is 10.6 Å². The van der Waals surface area contributed by atoms with Crippen LogP contribution in [0.2, 0.25) is 0 Å². The highest BCUT2D eigenvalue weighted by Crippen LogP contribution is 2.23. The number of nitrogens with two attached hydrogens (primary N) is 1. The minimum atomic E-state index is 0.488. The normalized spacial score (nSPS) is 17.5. The second-order valence-electron chi connectivity index (χ2n) is 4.84. The summed E-state index contributed by atoms with van der Waals surface area (Å²) in [6, 6.07) is 1.96. The number of nitrogens with zero attached hydrogens (tertiary/aromatic N) is 3. The maximum atomic E-state index is 5.65. The van der Waals surface area contributed by atoms with E-state index in [-0.39, 0.29) is 0 Å². The van der Waals surface area contributed by atoms with Crippen molar-refractivity contribution in [2.75, 3.05) is 18.0 Å². The molecule has 1 fully saturated rings. The zero-order valence-electron chi connectivity index (χ0n) is 10.8. The molecule has 0 radical (unpaired) electrons. The molecule has 0 unspecified atom stereocenters. The maximum absolute atomic E-state index is 5.65. The van der Waals surface area contributed by atoms with E-state index in [0.29, 0.717) is 6.54 Å². The second-order valence-corrected chi connectivity index (χ2v) is 4.84. The molecule has 1 aromatic heterocycles. The van der Waals surface area contributed by atoms with Gasteiger partial charge in [0.1, 0.15) is 0 Å². The molecule has 1 saturated heterocycles. The summed E-state index contributed by atoms with van der Waals surface area (Å²) in [6.07, 6.45) is 3.80. The molecule has 2 heterocycles. The van der Waals surface area contributed by atoms with E-state index in [0.717, 1.165) is 36.3 Å². The first-order chi connectivity index (χ1) is 8.22. The van der Waals surface area contributed by atoms with Crippen LogP contribution in [0, 0.1) is 12.8 Å². The van der Waals surface area contributed by atoms with Gasteiger partial charge in [-0.15, -0.1) is 0 Å². The largest absolute Gasteiger partial charge is 0.341 e. The average molecular weight is 234 g/mol. The Bertz CT molecular complexity index is 370. The molecule has 0 aromatic carbocycles. The lowest BCUT2D eigenvalue weighted by molar-refractivity contribution is 0.392. The average Bonchev–Trinajstić information content (AvgIpc) is 2.38. The van der Waals surface area contributed by atoms with Crippen LogP contribution in [0.15, 0.2) is 6.07 Å². The number of anilines is 1. The molecule has 0 spiro atoms. The number of rotatable bonds is 3. The standard InChI is InChI=1S/C13H22N4/c1-3-11-4-6-17(7-5-11)13-15-10(2)8-12(9-14)16-13/h8,11H,3-7,9,14H2,1-2H3. The predicted octanol–water partition coefficient (Wildman–Crippen LogP) is 1.87. The first-order valence-electron chi connectivity index (χ1n) is 6.52. The molecular weight excluding hydrogens is 212 g/mol. The van der Waals surface area contributed by atoms with Gasteiger partial charge in [0.15, 0.2) is 0 Å². The van der Waals surface area contributed by atoms with Gasteiger partial charge in [-0.2, -0.15) is 0 Å². The lowest BCUT2D eigenvalue weighted by Gasteiger charge is -2.31. The van der Waals surface area contributed by atoms with Crippen LogP contribution in [0.1, 0.15) is 37.6 Å². The van der Waals surface area contributed by atoms with Gasteiger partial charge in [0.2, 0.25) is 5.95 Å². The highest BCUT2D eigenvalue weighted by molar-refractivity contribution is 5.32. The number of piperidine rings is 1. The van der Waals surface area contributed by atoms with Crippen molar-refractivity contribution in [2.24, 2.45) is 11.7 Å². The van der Waals surface area contributed by atoms with E-state index < -0.39 is 0 Å². The van der Waals surface area contributed by atoms with Crippen LogP contribution in [0.5, 0.6) is 0 Å². The fourth-order valence-corrected chi connectivity index (χ4v) is 2.40. The minimum Gasteiger partial charge on any atom is -0.341 e. The Balaban J connectivity index is 2.10. The van der Waals surface area contributed by atoms with E-state index in [9.17, 15) is 0 Å². The van der Waals surface area contributed by atoms with Gasteiger partial charge in [-0.1, -0.05) is 13.3 Å². The zero-order chi connectivity index (χ0) is 12.3. The second kappa shape index (κ2) is 5.45. The van der Waals surface area contributed by atoms with Gasteiger partial charge >= 0.3 is 0 Å². The SMILES string of the molecule is CCC1CCN(c2nc(C)cc(CN)n2)CC1. The van der Waals surface area contributed by atoms with Crippen molar-refractivity contribution < 1.29 is 0 Å². The van der Waals surface area contributed by atoms with Gasteiger partial charge in [-0.3, -0.25) is 0 Å². The van der Waals surface area contributed by atoms with Crippen LogP contribution in [0.25, 0.3) is 0 Å². The molecule has 1 aliphatic heterocycles. The topological polar surface area (TPSA) is 55.0 Å². The summed E-state index contributed by atoms with van der Waals surface area (Å²) in [7, 11) is 0. The Morgan fingerprint density at radius 1 is 1.35 bits per heavy atom. The monoisotopic (exact) mass is 234 g/mol. The molecule has 0 aliphatic carbocycles. The summed E-state index contributed by atoms with van der Waals surface area (Å²) in [5.74, 6) is 1.74. The lowest BCUT2D eigenvalue weighted by Crippen LogP contribution is -2.35. The van der Waals surface area contributed by atoms with Gasteiger partial charge < -0.3 is 10.6 Å². The quantitative estimate of drug-likeness (QED) is 0.867. The molecule has 0 bridgehead atoms. The predicted molar refractivity (Wildman–Crippen MR) is 69.9 cm³/mol. The number of hydrogen-bond acceptors (Lipinski definition) is 4. The zero-order valence-corrected chi connectivity index (χ0v) is 10.8. The third-order valence-electron chi connectivity index (χ3n) is 3.58. The molecule has 94 valence electrons. The smallest absolute Gasteiger partial charge is 0.225 e. The minimum absolute atomic E-state index is 0.488. The Morgan fingerprint density at radius 3 is 2.65 bits per heavy atom. The Morgan fingerprint density at radius 2 is 2.06 bits per heavy atom. The van der Waals surface area contributed by atoms with Gasteiger partial charge in [-0.25, -0.2) is 9.97 Å². The molecule has 1 aliphatic rings. The fourth-order valence-electron chi connectivity index (χ4n) is 2.40. The van der Waals surface area contributed by atoms with Crippen molar-refractivity contribution in [1.29, 1.82) is 0 Å². The van der Waals surface area contributed by atoms with Crippen LogP contribution in [-0.2, 0) is 6.54 Å². The summed E-state index contributed by atoms with van der Waals surface area (Å²) in [4.78, 5) is 11.3. The summed E-state index contributed by atoms with van der Waals surface area (Å²) in [6.45, 7) is 6.92. The van der Waals surface area contributed by atoms with Gasteiger partial charge in [-0.05, 0) is 31.7 Å².